The Labute approximate surface area is 397 Å². The van der Waals surface area contributed by atoms with Crippen LogP contribution in [0, 0.1) is 23.7 Å². The molecule has 68 heavy (non-hydrogen) atoms. The van der Waals surface area contributed by atoms with Crippen LogP contribution in [0.2, 0.25) is 0 Å². The van der Waals surface area contributed by atoms with Gasteiger partial charge in [0.05, 0.1) is 12.6 Å². The van der Waals surface area contributed by atoms with Crippen molar-refractivity contribution < 1.29 is 63.3 Å². The third-order valence-corrected chi connectivity index (χ3v) is 11.3. The number of benzene rings is 1. The maximum absolute atomic E-state index is 14.6. The quantitative estimate of drug-likeness (QED) is 0.0500. The Morgan fingerprint density at radius 1 is 0.632 bits per heavy atom. The minimum absolute atomic E-state index is 0.0747. The van der Waals surface area contributed by atoms with E-state index in [2.05, 4.69) is 37.2 Å². The summed E-state index contributed by atoms with van der Waals surface area (Å²) in [6, 6.07) is -1.97. The largest absolute Gasteiger partial charge is 0.481 e. The molecule has 1 aliphatic heterocycles. The fourth-order valence-corrected chi connectivity index (χ4v) is 7.56. The van der Waals surface area contributed by atoms with Gasteiger partial charge in [-0.2, -0.15) is 0 Å². The van der Waals surface area contributed by atoms with Crippen LogP contribution in [-0.2, 0) is 54.4 Å². The molecule has 8 amide bonds. The number of carbonyl (C=O) groups is 10. The lowest BCUT2D eigenvalue weighted by atomic mass is 9.98. The first kappa shape index (κ1) is 58.0. The number of hydrogen-bond acceptors (Lipinski definition) is 12. The number of carboxylic acid groups (broad SMARTS) is 2. The van der Waals surface area contributed by atoms with E-state index in [4.69, 9.17) is 5.73 Å². The number of aliphatic hydroxyl groups is 1. The molecule has 0 aliphatic carbocycles. The van der Waals surface area contributed by atoms with Crippen LogP contribution >= 0.6 is 0 Å². The molecule has 1 heterocycles. The third-order valence-electron chi connectivity index (χ3n) is 11.3. The van der Waals surface area contributed by atoms with Crippen LogP contribution in [0.1, 0.15) is 100.0 Å². The number of amides is 8. The highest BCUT2D eigenvalue weighted by Crippen LogP contribution is 2.21. The number of hydrogen-bond donors (Lipinski definition) is 11. The first-order valence-electron chi connectivity index (χ1n) is 23.1. The number of nitrogens with one attached hydrogen (secondary N) is 7. The molecule has 2 rings (SSSR count). The lowest BCUT2D eigenvalue weighted by Gasteiger charge is -2.32. The predicted octanol–water partition coefficient (Wildman–Crippen LogP) is -1.08. The van der Waals surface area contributed by atoms with Crippen molar-refractivity contribution in [3.8, 4) is 0 Å². The smallest absolute Gasteiger partial charge is 0.326 e. The van der Waals surface area contributed by atoms with Gasteiger partial charge < -0.3 is 63.2 Å². The van der Waals surface area contributed by atoms with Gasteiger partial charge in [-0.15, -0.1) is 0 Å². The normalized spacial score (nSPS) is 17.2. The van der Waals surface area contributed by atoms with Gasteiger partial charge in [0, 0.05) is 19.4 Å². The summed E-state index contributed by atoms with van der Waals surface area (Å²) in [5.74, 6) is -10.5. The molecule has 0 bridgehead atoms. The number of rotatable bonds is 27. The van der Waals surface area contributed by atoms with Gasteiger partial charge >= 0.3 is 11.9 Å². The molecule has 1 aromatic rings. The second kappa shape index (κ2) is 27.6. The van der Waals surface area contributed by atoms with E-state index >= 15 is 0 Å². The van der Waals surface area contributed by atoms with Gasteiger partial charge in [-0.05, 0) is 61.8 Å². The molecular weight excluding hydrogens is 887 g/mol. The van der Waals surface area contributed by atoms with Crippen molar-refractivity contribution in [2.24, 2.45) is 29.4 Å². The number of carbonyl (C=O) groups excluding carboxylic acids is 8. The SMILES string of the molecule is CC(C)C[C@H](NC(=O)CN)C(=O)N[C@H](C(=O)N[C@@H](CCC(=O)O)C(=O)N[C@@H](Cc1ccccc1)C(=O)N1CCC[C@H]1C(=O)N[C@H](C(=O)N[C@H](C(=O)N[C@H](C(=O)O)C(C)C)C(C)C)C(C)C)[C@@H](C)O. The maximum atomic E-state index is 14.6. The lowest BCUT2D eigenvalue weighted by Crippen LogP contribution is -2.62. The summed E-state index contributed by atoms with van der Waals surface area (Å²) in [6.45, 7) is 14.4. The molecule has 1 aliphatic rings. The monoisotopic (exact) mass is 960 g/mol. The molecule has 380 valence electrons. The minimum atomic E-state index is -1.68. The molecule has 22 heteroatoms. The van der Waals surface area contributed by atoms with Crippen LogP contribution in [0.25, 0.3) is 0 Å². The zero-order valence-electron chi connectivity index (χ0n) is 40.5. The van der Waals surface area contributed by atoms with E-state index in [9.17, 15) is 63.3 Å². The van der Waals surface area contributed by atoms with Crippen molar-refractivity contribution in [3.63, 3.8) is 0 Å². The zero-order chi connectivity index (χ0) is 51.6. The number of aliphatic hydroxyl groups excluding tert-OH is 1. The van der Waals surface area contributed by atoms with Crippen molar-refractivity contribution >= 4 is 59.2 Å². The Balaban J connectivity index is 2.42. The van der Waals surface area contributed by atoms with Crippen molar-refractivity contribution in [3.05, 3.63) is 35.9 Å². The van der Waals surface area contributed by atoms with E-state index < -0.39 is 151 Å². The van der Waals surface area contributed by atoms with E-state index in [0.29, 0.717) is 12.0 Å². The van der Waals surface area contributed by atoms with Gasteiger partial charge in [0.1, 0.15) is 48.3 Å². The zero-order valence-corrected chi connectivity index (χ0v) is 40.5. The summed E-state index contributed by atoms with van der Waals surface area (Å²) in [4.78, 5) is 134. The Bertz CT molecular complexity index is 1930. The molecule has 0 aromatic heterocycles. The van der Waals surface area contributed by atoms with Crippen LogP contribution in [0.5, 0.6) is 0 Å². The van der Waals surface area contributed by atoms with Gasteiger partial charge in [0.25, 0.3) is 0 Å². The highest BCUT2D eigenvalue weighted by molar-refractivity contribution is 5.98. The molecule has 0 radical (unpaired) electrons. The highest BCUT2D eigenvalue weighted by Gasteiger charge is 2.41. The Morgan fingerprint density at radius 2 is 1.13 bits per heavy atom. The maximum Gasteiger partial charge on any atom is 0.326 e. The van der Waals surface area contributed by atoms with Gasteiger partial charge in [0.2, 0.25) is 47.3 Å². The molecular formula is C46H73N9O13. The molecule has 22 nitrogen and oxygen atoms in total. The summed E-state index contributed by atoms with van der Waals surface area (Å²) < 4.78 is 0. The van der Waals surface area contributed by atoms with Gasteiger partial charge in [0.15, 0.2) is 0 Å². The van der Waals surface area contributed by atoms with Crippen LogP contribution in [0.3, 0.4) is 0 Å². The van der Waals surface area contributed by atoms with E-state index in [1.807, 2.05) is 0 Å². The average Bonchev–Trinajstić information content (AvgIpc) is 3.76. The van der Waals surface area contributed by atoms with Gasteiger partial charge in [-0.25, -0.2) is 4.79 Å². The van der Waals surface area contributed by atoms with E-state index in [1.165, 1.54) is 11.8 Å². The van der Waals surface area contributed by atoms with Crippen LogP contribution in [-0.4, -0.2) is 147 Å². The number of carboxylic acids is 2. The number of aliphatic carboxylic acids is 2. The molecule has 1 fully saturated rings. The van der Waals surface area contributed by atoms with Crippen molar-refractivity contribution in [2.75, 3.05) is 13.1 Å². The lowest BCUT2D eigenvalue weighted by molar-refractivity contribution is -0.144. The first-order valence-corrected chi connectivity index (χ1v) is 23.1. The third kappa shape index (κ3) is 18.1. The Morgan fingerprint density at radius 3 is 1.63 bits per heavy atom. The fraction of sp³-hybridized carbons (Fsp3) is 0.652. The molecule has 0 saturated carbocycles. The van der Waals surface area contributed by atoms with Crippen LogP contribution in [0.4, 0.5) is 0 Å². The topological polar surface area (TPSA) is 345 Å². The average molecular weight is 960 g/mol. The summed E-state index contributed by atoms with van der Waals surface area (Å²) in [5.41, 5.74) is 6.01. The Hall–Kier alpha value is -6.16. The number of nitrogens with zero attached hydrogens (tertiary/aromatic N) is 1. The Kier molecular flexibility index (Phi) is 23.5. The summed E-state index contributed by atoms with van der Waals surface area (Å²) >= 11 is 0. The van der Waals surface area contributed by atoms with Crippen LogP contribution in [0.15, 0.2) is 30.3 Å². The van der Waals surface area contributed by atoms with Gasteiger partial charge in [-0.1, -0.05) is 85.7 Å². The van der Waals surface area contributed by atoms with E-state index in [0.717, 1.165) is 0 Å². The molecule has 12 N–H and O–H groups in total. The van der Waals surface area contributed by atoms with E-state index in [1.54, 1.807) is 85.7 Å². The van der Waals surface area contributed by atoms with Crippen LogP contribution < -0.4 is 43.0 Å². The molecule has 1 aromatic carbocycles. The standard InChI is InChI=1S/C46H73N9O13/c1-23(2)20-30(48-33(57)22-47)40(61)54-38(27(9)56)44(65)49-29(17-18-34(58)59)39(60)50-31(21-28-14-11-10-12-15-28)45(66)55-19-13-16-32(55)41(62)51-35(24(3)4)42(63)52-36(25(5)6)43(64)53-37(26(7)8)46(67)68/h10-12,14-15,23-27,29-32,35-38,56H,13,16-22,47H2,1-9H3,(H,48,57)(H,49,65)(H,50,60)(H,51,62)(H,52,63)(H,53,64)(H,54,61)(H,58,59)(H,67,68)/t27-,29+,30+,31+,32+,35+,36+,37+,38+/m1/s1. The summed E-state index contributed by atoms with van der Waals surface area (Å²) in [6.07, 6.45) is -2.06. The number of likely N-dealkylation sites (tertiary alicyclic amines) is 1. The highest BCUT2D eigenvalue weighted by atomic mass is 16.4. The van der Waals surface area contributed by atoms with Crippen molar-refractivity contribution in [1.29, 1.82) is 0 Å². The van der Waals surface area contributed by atoms with Crippen molar-refractivity contribution in [1.82, 2.24) is 42.1 Å². The summed E-state index contributed by atoms with van der Waals surface area (Å²) in [7, 11) is 0. The predicted molar refractivity (Wildman–Crippen MR) is 248 cm³/mol. The fourth-order valence-electron chi connectivity index (χ4n) is 7.56. The van der Waals surface area contributed by atoms with E-state index in [-0.39, 0.29) is 31.7 Å². The first-order chi connectivity index (χ1) is 31.8. The second-order valence-corrected chi connectivity index (χ2v) is 18.6. The second-order valence-electron chi connectivity index (χ2n) is 18.6. The molecule has 0 spiro atoms. The molecule has 1 saturated heterocycles. The number of nitrogens with two attached hydrogens (primary N) is 1. The molecule has 9 atom stereocenters. The summed E-state index contributed by atoms with van der Waals surface area (Å²) in [5, 5.41) is 47.6. The van der Waals surface area contributed by atoms with Crippen molar-refractivity contribution in [2.45, 2.75) is 155 Å². The molecule has 0 unspecified atom stereocenters. The van der Waals surface area contributed by atoms with Gasteiger partial charge in [-0.3, -0.25) is 43.2 Å². The minimum Gasteiger partial charge on any atom is -0.481 e.